The molecule has 5 nitrogen and oxygen atoms in total. The highest BCUT2D eigenvalue weighted by Crippen LogP contribution is 2.11. The molecule has 0 saturated carbocycles. The van der Waals surface area contributed by atoms with Crippen molar-refractivity contribution >= 4 is 5.69 Å². The fourth-order valence-corrected chi connectivity index (χ4v) is 1.80. The Kier molecular flexibility index (Phi) is 4.14. The van der Waals surface area contributed by atoms with Crippen LogP contribution in [0.15, 0.2) is 30.6 Å². The second-order valence-electron chi connectivity index (χ2n) is 4.80. The number of nitrogens with one attached hydrogen (secondary N) is 1. The minimum absolute atomic E-state index is 0.530. The average molecular weight is 255 g/mol. The molecule has 0 spiro atoms. The van der Waals surface area contributed by atoms with Crippen LogP contribution >= 0.6 is 0 Å². The topological polar surface area (TPSA) is 66.5 Å². The fourth-order valence-electron chi connectivity index (χ4n) is 1.80. The monoisotopic (exact) mass is 255 g/mol. The summed E-state index contributed by atoms with van der Waals surface area (Å²) < 4.78 is 1.91. The Morgan fingerprint density at radius 1 is 1.42 bits per heavy atom. The van der Waals surface area contributed by atoms with Gasteiger partial charge in [-0.05, 0) is 24.1 Å². The van der Waals surface area contributed by atoms with Crippen LogP contribution in [-0.4, -0.2) is 14.8 Å². The van der Waals surface area contributed by atoms with Crippen molar-refractivity contribution in [2.45, 2.75) is 26.9 Å². The Morgan fingerprint density at radius 2 is 2.26 bits per heavy atom. The van der Waals surface area contributed by atoms with Crippen molar-refractivity contribution in [3.05, 3.63) is 42.0 Å². The highest BCUT2D eigenvalue weighted by atomic mass is 15.3. The third-order valence-corrected chi connectivity index (χ3v) is 2.68. The lowest BCUT2D eigenvalue weighted by atomic mass is 10.2. The average Bonchev–Trinajstić information content (AvgIpc) is 2.83. The zero-order valence-electron chi connectivity index (χ0n) is 11.2. The molecule has 2 rings (SSSR count). The summed E-state index contributed by atoms with van der Waals surface area (Å²) in [7, 11) is 0. The maximum Gasteiger partial charge on any atom is 0.146 e. The van der Waals surface area contributed by atoms with E-state index in [9.17, 15) is 0 Å². The first-order valence-electron chi connectivity index (χ1n) is 6.29. The molecule has 2 aromatic rings. The van der Waals surface area contributed by atoms with Gasteiger partial charge in [0.25, 0.3) is 0 Å². The van der Waals surface area contributed by atoms with Crippen LogP contribution in [0.4, 0.5) is 5.69 Å². The van der Waals surface area contributed by atoms with Crippen LogP contribution < -0.4 is 5.32 Å². The van der Waals surface area contributed by atoms with Crippen LogP contribution in [0.2, 0.25) is 0 Å². The van der Waals surface area contributed by atoms with Gasteiger partial charge in [0.05, 0.1) is 18.2 Å². The SMILES string of the molecule is CC(C)Cn1ncnc1CNc1cccc(C#N)c1. The number of benzene rings is 1. The highest BCUT2D eigenvalue weighted by Gasteiger charge is 2.06. The molecule has 19 heavy (non-hydrogen) atoms. The van der Waals surface area contributed by atoms with E-state index >= 15 is 0 Å². The number of aromatic nitrogens is 3. The van der Waals surface area contributed by atoms with Gasteiger partial charge in [-0.25, -0.2) is 9.67 Å². The lowest BCUT2D eigenvalue weighted by Crippen LogP contribution is -2.13. The lowest BCUT2D eigenvalue weighted by Gasteiger charge is -2.10. The largest absolute Gasteiger partial charge is 0.378 e. The third-order valence-electron chi connectivity index (χ3n) is 2.68. The molecular formula is C14H17N5. The van der Waals surface area contributed by atoms with Gasteiger partial charge in [0.2, 0.25) is 0 Å². The first-order chi connectivity index (χ1) is 9.19. The fraction of sp³-hybridized carbons (Fsp3) is 0.357. The van der Waals surface area contributed by atoms with Gasteiger partial charge in [0.1, 0.15) is 12.2 Å². The molecule has 0 saturated heterocycles. The smallest absolute Gasteiger partial charge is 0.146 e. The molecule has 5 heteroatoms. The van der Waals surface area contributed by atoms with Crippen molar-refractivity contribution in [2.75, 3.05) is 5.32 Å². The molecule has 1 heterocycles. The van der Waals surface area contributed by atoms with Gasteiger partial charge in [-0.2, -0.15) is 10.4 Å². The number of anilines is 1. The van der Waals surface area contributed by atoms with Crippen molar-refractivity contribution in [3.8, 4) is 6.07 Å². The molecule has 98 valence electrons. The zero-order chi connectivity index (χ0) is 13.7. The Hall–Kier alpha value is -2.35. The van der Waals surface area contributed by atoms with E-state index in [-0.39, 0.29) is 0 Å². The second kappa shape index (κ2) is 6.01. The molecule has 0 aliphatic carbocycles. The second-order valence-corrected chi connectivity index (χ2v) is 4.80. The minimum atomic E-state index is 0.530. The maximum atomic E-state index is 8.85. The van der Waals surface area contributed by atoms with E-state index in [1.165, 1.54) is 0 Å². The summed E-state index contributed by atoms with van der Waals surface area (Å²) in [6.45, 7) is 5.75. The molecule has 1 aromatic carbocycles. The van der Waals surface area contributed by atoms with E-state index < -0.39 is 0 Å². The normalized spacial score (nSPS) is 10.4. The predicted molar refractivity (Wildman–Crippen MR) is 73.3 cm³/mol. The number of nitriles is 1. The van der Waals surface area contributed by atoms with Crippen molar-refractivity contribution in [2.24, 2.45) is 5.92 Å². The van der Waals surface area contributed by atoms with Gasteiger partial charge < -0.3 is 5.32 Å². The number of hydrogen-bond donors (Lipinski definition) is 1. The zero-order valence-corrected chi connectivity index (χ0v) is 11.2. The van der Waals surface area contributed by atoms with E-state index in [1.54, 1.807) is 12.4 Å². The van der Waals surface area contributed by atoms with Gasteiger partial charge in [-0.15, -0.1) is 0 Å². The van der Waals surface area contributed by atoms with Gasteiger partial charge in [0, 0.05) is 12.2 Å². The molecule has 0 fully saturated rings. The molecule has 0 radical (unpaired) electrons. The molecular weight excluding hydrogens is 238 g/mol. The van der Waals surface area contributed by atoms with E-state index in [4.69, 9.17) is 5.26 Å². The molecule has 0 aliphatic rings. The molecule has 0 bridgehead atoms. The van der Waals surface area contributed by atoms with E-state index in [0.717, 1.165) is 18.1 Å². The Morgan fingerprint density at radius 3 is 3.00 bits per heavy atom. The summed E-state index contributed by atoms with van der Waals surface area (Å²) in [5.41, 5.74) is 1.56. The maximum absolute atomic E-state index is 8.85. The van der Waals surface area contributed by atoms with Gasteiger partial charge >= 0.3 is 0 Å². The van der Waals surface area contributed by atoms with E-state index in [0.29, 0.717) is 18.0 Å². The Balaban J connectivity index is 2.02. The van der Waals surface area contributed by atoms with Crippen LogP contribution in [0.1, 0.15) is 25.2 Å². The van der Waals surface area contributed by atoms with Gasteiger partial charge in [-0.3, -0.25) is 0 Å². The van der Waals surface area contributed by atoms with Crippen LogP contribution in [0.25, 0.3) is 0 Å². The molecule has 0 aliphatic heterocycles. The Labute approximate surface area is 112 Å². The molecule has 0 unspecified atom stereocenters. The van der Waals surface area contributed by atoms with Crippen LogP contribution in [-0.2, 0) is 13.1 Å². The molecule has 1 aromatic heterocycles. The first kappa shape index (κ1) is 13.1. The third kappa shape index (κ3) is 3.55. The summed E-state index contributed by atoms with van der Waals surface area (Å²) in [4.78, 5) is 4.25. The molecule has 1 N–H and O–H groups in total. The van der Waals surface area contributed by atoms with Gasteiger partial charge in [-0.1, -0.05) is 19.9 Å². The lowest BCUT2D eigenvalue weighted by molar-refractivity contribution is 0.468. The van der Waals surface area contributed by atoms with Crippen LogP contribution in [0.5, 0.6) is 0 Å². The van der Waals surface area contributed by atoms with Crippen molar-refractivity contribution in [3.63, 3.8) is 0 Å². The standard InChI is InChI=1S/C14H17N5/c1-11(2)9-19-14(17-10-18-19)8-16-13-5-3-4-12(6-13)7-15/h3-6,10-11,16H,8-9H2,1-2H3. The number of rotatable bonds is 5. The van der Waals surface area contributed by atoms with Crippen molar-refractivity contribution < 1.29 is 0 Å². The molecule has 0 amide bonds. The predicted octanol–water partition coefficient (Wildman–Crippen LogP) is 2.42. The molecule has 0 atom stereocenters. The Bertz CT molecular complexity index is 580. The van der Waals surface area contributed by atoms with Crippen LogP contribution in [0.3, 0.4) is 0 Å². The number of nitrogens with zero attached hydrogens (tertiary/aromatic N) is 4. The van der Waals surface area contributed by atoms with Gasteiger partial charge in [0.15, 0.2) is 0 Å². The summed E-state index contributed by atoms with van der Waals surface area (Å²) in [6.07, 6.45) is 1.57. The highest BCUT2D eigenvalue weighted by molar-refractivity contribution is 5.49. The quantitative estimate of drug-likeness (QED) is 0.891. The van der Waals surface area contributed by atoms with Crippen molar-refractivity contribution in [1.29, 1.82) is 5.26 Å². The minimum Gasteiger partial charge on any atom is -0.378 e. The number of hydrogen-bond acceptors (Lipinski definition) is 4. The summed E-state index contributed by atoms with van der Waals surface area (Å²) in [5.74, 6) is 1.43. The first-order valence-corrected chi connectivity index (χ1v) is 6.29. The summed E-state index contributed by atoms with van der Waals surface area (Å²) in [6, 6.07) is 9.53. The summed E-state index contributed by atoms with van der Waals surface area (Å²) in [5, 5.41) is 16.3. The van der Waals surface area contributed by atoms with E-state index in [1.807, 2.05) is 22.9 Å². The summed E-state index contributed by atoms with van der Waals surface area (Å²) >= 11 is 0. The van der Waals surface area contributed by atoms with Crippen LogP contribution in [0, 0.1) is 17.2 Å². The van der Waals surface area contributed by atoms with E-state index in [2.05, 4.69) is 35.3 Å². The van der Waals surface area contributed by atoms with Crippen molar-refractivity contribution in [1.82, 2.24) is 14.8 Å².